The van der Waals surface area contributed by atoms with E-state index in [4.69, 9.17) is 0 Å². The molecule has 3 heterocycles. The number of hydrogen-bond donors (Lipinski definition) is 1. The van der Waals surface area contributed by atoms with Crippen molar-refractivity contribution in [3.8, 4) is 0 Å². The van der Waals surface area contributed by atoms with E-state index in [1.54, 1.807) is 23.1 Å². The van der Waals surface area contributed by atoms with Crippen LogP contribution in [0.25, 0.3) is 0 Å². The summed E-state index contributed by atoms with van der Waals surface area (Å²) in [6.45, 7) is 7.55. The second-order valence-corrected chi connectivity index (χ2v) is 6.60. The molecule has 8 nitrogen and oxygen atoms in total. The minimum Gasteiger partial charge on any atom is -0.345 e. The minimum absolute atomic E-state index is 0.220. The highest BCUT2D eigenvalue weighted by Gasteiger charge is 2.13. The van der Waals surface area contributed by atoms with Gasteiger partial charge in [0.1, 0.15) is 12.4 Å². The molecule has 0 aliphatic rings. The third-order valence-electron chi connectivity index (χ3n) is 3.87. The standard InChI is InChI=1S/C16H20BrN7O/c1-4-23-15(13(17)8-19-23)9-18-16(25)14-5-6-22(21-14)10-24-12(3)7-11(2)20-24/h5-8H,4,9-10H2,1-3H3,(H,18,25). The van der Waals surface area contributed by atoms with Gasteiger partial charge in [0, 0.05) is 18.4 Å². The zero-order valence-electron chi connectivity index (χ0n) is 14.4. The Hall–Kier alpha value is -2.42. The van der Waals surface area contributed by atoms with Gasteiger partial charge in [-0.25, -0.2) is 4.68 Å². The number of amides is 1. The Morgan fingerprint density at radius 2 is 2.08 bits per heavy atom. The van der Waals surface area contributed by atoms with E-state index < -0.39 is 0 Å². The number of hydrogen-bond acceptors (Lipinski definition) is 4. The molecule has 0 saturated heterocycles. The van der Waals surface area contributed by atoms with Crippen LogP contribution in [0.1, 0.15) is 34.5 Å². The number of nitrogens with one attached hydrogen (secondary N) is 1. The van der Waals surface area contributed by atoms with Gasteiger partial charge in [0.25, 0.3) is 5.91 Å². The zero-order valence-corrected chi connectivity index (χ0v) is 16.0. The van der Waals surface area contributed by atoms with Crippen molar-refractivity contribution >= 4 is 21.8 Å². The summed E-state index contributed by atoms with van der Waals surface area (Å²) in [5, 5.41) is 15.8. The third-order valence-corrected chi connectivity index (χ3v) is 4.53. The number of carbonyl (C=O) groups is 1. The molecule has 0 bridgehead atoms. The topological polar surface area (TPSA) is 82.6 Å². The fourth-order valence-corrected chi connectivity index (χ4v) is 3.04. The SMILES string of the molecule is CCn1ncc(Br)c1CNC(=O)c1ccn(Cn2nc(C)cc2C)n1. The molecule has 0 atom stereocenters. The first kappa shape index (κ1) is 17.4. The molecule has 25 heavy (non-hydrogen) atoms. The Bertz CT molecular complexity index is 892. The monoisotopic (exact) mass is 405 g/mol. The van der Waals surface area contributed by atoms with E-state index in [1.807, 2.05) is 36.2 Å². The summed E-state index contributed by atoms with van der Waals surface area (Å²) in [5.41, 5.74) is 3.32. The average Bonchev–Trinajstić information content (AvgIpc) is 3.26. The number of aryl methyl sites for hydroxylation is 3. The largest absolute Gasteiger partial charge is 0.345 e. The smallest absolute Gasteiger partial charge is 0.272 e. The van der Waals surface area contributed by atoms with Crippen LogP contribution in [0.4, 0.5) is 0 Å². The Morgan fingerprint density at radius 3 is 2.76 bits per heavy atom. The molecule has 132 valence electrons. The van der Waals surface area contributed by atoms with E-state index in [0.29, 0.717) is 18.9 Å². The lowest BCUT2D eigenvalue weighted by atomic mass is 10.3. The van der Waals surface area contributed by atoms with Gasteiger partial charge in [-0.1, -0.05) is 0 Å². The van der Waals surface area contributed by atoms with Gasteiger partial charge in [-0.05, 0) is 48.8 Å². The summed E-state index contributed by atoms with van der Waals surface area (Å²) < 4.78 is 6.26. The van der Waals surface area contributed by atoms with E-state index in [1.165, 1.54) is 0 Å². The molecule has 0 unspecified atom stereocenters. The predicted molar refractivity (Wildman–Crippen MR) is 96.1 cm³/mol. The molecule has 9 heteroatoms. The van der Waals surface area contributed by atoms with Crippen LogP contribution in [-0.4, -0.2) is 35.2 Å². The van der Waals surface area contributed by atoms with Crippen LogP contribution in [0.3, 0.4) is 0 Å². The molecule has 0 aliphatic heterocycles. The lowest BCUT2D eigenvalue weighted by Crippen LogP contribution is -2.25. The molecule has 1 amide bonds. The first-order chi connectivity index (χ1) is 12.0. The number of carbonyl (C=O) groups excluding carboxylic acids is 1. The van der Waals surface area contributed by atoms with Crippen LogP contribution in [-0.2, 0) is 19.8 Å². The van der Waals surface area contributed by atoms with Gasteiger partial charge in [-0.2, -0.15) is 15.3 Å². The van der Waals surface area contributed by atoms with Gasteiger partial charge in [0.15, 0.2) is 0 Å². The Labute approximate surface area is 154 Å². The van der Waals surface area contributed by atoms with Crippen LogP contribution in [0, 0.1) is 13.8 Å². The molecule has 3 aromatic heterocycles. The first-order valence-corrected chi connectivity index (χ1v) is 8.80. The minimum atomic E-state index is -0.220. The zero-order chi connectivity index (χ0) is 18.0. The van der Waals surface area contributed by atoms with Gasteiger partial charge in [0.2, 0.25) is 0 Å². The number of halogens is 1. The van der Waals surface area contributed by atoms with Crippen molar-refractivity contribution in [1.29, 1.82) is 0 Å². The normalized spacial score (nSPS) is 11.0. The Kier molecular flexibility index (Phi) is 5.03. The van der Waals surface area contributed by atoms with Gasteiger partial charge in [0.05, 0.1) is 28.6 Å². The van der Waals surface area contributed by atoms with E-state index in [9.17, 15) is 4.79 Å². The summed E-state index contributed by atoms with van der Waals surface area (Å²) in [5.74, 6) is -0.220. The number of aromatic nitrogens is 6. The van der Waals surface area contributed by atoms with Crippen molar-refractivity contribution in [3.05, 3.63) is 51.8 Å². The van der Waals surface area contributed by atoms with Crippen LogP contribution < -0.4 is 5.32 Å². The highest BCUT2D eigenvalue weighted by molar-refractivity contribution is 9.10. The second kappa shape index (κ2) is 7.22. The molecule has 0 saturated carbocycles. The van der Waals surface area contributed by atoms with Gasteiger partial charge < -0.3 is 5.32 Å². The Morgan fingerprint density at radius 1 is 1.28 bits per heavy atom. The fourth-order valence-electron chi connectivity index (χ4n) is 2.61. The highest BCUT2D eigenvalue weighted by Crippen LogP contribution is 2.15. The van der Waals surface area contributed by atoms with Crippen LogP contribution in [0.15, 0.2) is 29.0 Å². The molecule has 0 spiro atoms. The summed E-state index contributed by atoms with van der Waals surface area (Å²) in [7, 11) is 0. The average molecular weight is 406 g/mol. The van der Waals surface area contributed by atoms with Crippen LogP contribution in [0.5, 0.6) is 0 Å². The number of rotatable bonds is 6. The summed E-state index contributed by atoms with van der Waals surface area (Å²) >= 11 is 3.45. The van der Waals surface area contributed by atoms with Gasteiger partial charge in [-0.15, -0.1) is 0 Å². The lowest BCUT2D eigenvalue weighted by molar-refractivity contribution is 0.0944. The van der Waals surface area contributed by atoms with Crippen molar-refractivity contribution in [2.75, 3.05) is 0 Å². The maximum Gasteiger partial charge on any atom is 0.272 e. The molecule has 1 N–H and O–H groups in total. The van der Waals surface area contributed by atoms with Gasteiger partial charge in [-0.3, -0.25) is 14.2 Å². The maximum atomic E-state index is 12.3. The fraction of sp³-hybridized carbons (Fsp3) is 0.375. The molecule has 0 radical (unpaired) electrons. The molecular formula is C16H20BrN7O. The lowest BCUT2D eigenvalue weighted by Gasteiger charge is -2.07. The highest BCUT2D eigenvalue weighted by atomic mass is 79.9. The molecule has 3 aromatic rings. The molecule has 0 aromatic carbocycles. The quantitative estimate of drug-likeness (QED) is 0.680. The van der Waals surface area contributed by atoms with Crippen molar-refractivity contribution in [2.45, 2.75) is 40.5 Å². The van der Waals surface area contributed by atoms with Crippen molar-refractivity contribution in [1.82, 2.24) is 34.7 Å². The molecule has 0 fully saturated rings. The first-order valence-electron chi connectivity index (χ1n) is 8.00. The van der Waals surface area contributed by atoms with E-state index in [0.717, 1.165) is 28.1 Å². The van der Waals surface area contributed by atoms with Crippen molar-refractivity contribution in [3.63, 3.8) is 0 Å². The molecular weight excluding hydrogens is 386 g/mol. The number of nitrogens with zero attached hydrogens (tertiary/aromatic N) is 6. The van der Waals surface area contributed by atoms with Crippen LogP contribution in [0.2, 0.25) is 0 Å². The maximum absolute atomic E-state index is 12.3. The molecule has 0 aliphatic carbocycles. The van der Waals surface area contributed by atoms with Crippen molar-refractivity contribution < 1.29 is 4.79 Å². The van der Waals surface area contributed by atoms with Crippen LogP contribution >= 0.6 is 15.9 Å². The summed E-state index contributed by atoms with van der Waals surface area (Å²) in [6.07, 6.45) is 3.51. The third kappa shape index (κ3) is 3.81. The van der Waals surface area contributed by atoms with Crippen molar-refractivity contribution in [2.24, 2.45) is 0 Å². The Balaban J connectivity index is 1.64. The van der Waals surface area contributed by atoms with Gasteiger partial charge >= 0.3 is 0 Å². The summed E-state index contributed by atoms with van der Waals surface area (Å²) in [6, 6.07) is 3.71. The van der Waals surface area contributed by atoms with E-state index in [-0.39, 0.29) is 5.91 Å². The van der Waals surface area contributed by atoms with E-state index >= 15 is 0 Å². The van der Waals surface area contributed by atoms with E-state index in [2.05, 4.69) is 36.5 Å². The second-order valence-electron chi connectivity index (χ2n) is 5.75. The molecule has 3 rings (SSSR count). The summed E-state index contributed by atoms with van der Waals surface area (Å²) in [4.78, 5) is 12.3. The predicted octanol–water partition coefficient (Wildman–Crippen LogP) is 2.11.